The normalized spacial score (nSPS) is 12.2. The minimum Gasteiger partial charge on any atom is -0.366 e. The third-order valence-corrected chi connectivity index (χ3v) is 4.43. The molecule has 0 aromatic heterocycles. The number of hydrogen-bond donors (Lipinski definition) is 1. The SMILES string of the molecule is CCc1ccc(N(C)C(CN)c2ccc(C)c(Cl)c2)cc1. The summed E-state index contributed by atoms with van der Waals surface area (Å²) in [5, 5.41) is 0.792. The first kappa shape index (κ1) is 15.9. The molecule has 2 aromatic carbocycles. The highest BCUT2D eigenvalue weighted by Crippen LogP contribution is 2.28. The zero-order valence-electron chi connectivity index (χ0n) is 12.9. The van der Waals surface area contributed by atoms with Gasteiger partial charge in [0.25, 0.3) is 0 Å². The van der Waals surface area contributed by atoms with Crippen LogP contribution in [0, 0.1) is 6.92 Å². The quantitative estimate of drug-likeness (QED) is 0.890. The monoisotopic (exact) mass is 302 g/mol. The van der Waals surface area contributed by atoms with Crippen molar-refractivity contribution in [2.75, 3.05) is 18.5 Å². The summed E-state index contributed by atoms with van der Waals surface area (Å²) in [5.74, 6) is 0. The summed E-state index contributed by atoms with van der Waals surface area (Å²) in [7, 11) is 2.08. The average molecular weight is 303 g/mol. The number of halogens is 1. The Hall–Kier alpha value is -1.51. The van der Waals surface area contributed by atoms with Crippen molar-refractivity contribution < 1.29 is 0 Å². The van der Waals surface area contributed by atoms with E-state index in [1.165, 1.54) is 11.3 Å². The van der Waals surface area contributed by atoms with Gasteiger partial charge in [-0.3, -0.25) is 0 Å². The van der Waals surface area contributed by atoms with E-state index in [1.54, 1.807) is 0 Å². The van der Waals surface area contributed by atoms with Crippen LogP contribution in [-0.4, -0.2) is 13.6 Å². The summed E-state index contributed by atoms with van der Waals surface area (Å²) in [6, 6.07) is 14.9. The van der Waals surface area contributed by atoms with E-state index in [0.29, 0.717) is 6.54 Å². The van der Waals surface area contributed by atoms with Crippen molar-refractivity contribution in [2.45, 2.75) is 26.3 Å². The Kier molecular flexibility index (Phi) is 5.27. The molecule has 1 unspecified atom stereocenters. The Bertz CT molecular complexity index is 593. The van der Waals surface area contributed by atoms with Crippen LogP contribution in [0.3, 0.4) is 0 Å². The second-order valence-corrected chi connectivity index (χ2v) is 5.80. The number of nitrogens with zero attached hydrogens (tertiary/aromatic N) is 1. The lowest BCUT2D eigenvalue weighted by Crippen LogP contribution is -2.30. The van der Waals surface area contributed by atoms with Gasteiger partial charge < -0.3 is 10.6 Å². The molecule has 0 spiro atoms. The molecule has 0 radical (unpaired) electrons. The van der Waals surface area contributed by atoms with E-state index in [2.05, 4.69) is 49.2 Å². The molecular formula is C18H23ClN2. The minimum absolute atomic E-state index is 0.121. The summed E-state index contributed by atoms with van der Waals surface area (Å²) >= 11 is 6.25. The van der Waals surface area contributed by atoms with Crippen LogP contribution in [0.4, 0.5) is 5.69 Å². The standard InChI is InChI=1S/C18H23ClN2/c1-4-14-6-9-16(10-7-14)21(3)18(12-20)15-8-5-13(2)17(19)11-15/h5-11,18H,4,12,20H2,1-3H3. The highest BCUT2D eigenvalue weighted by atomic mass is 35.5. The van der Waals surface area contributed by atoms with Crippen molar-refractivity contribution in [3.63, 3.8) is 0 Å². The van der Waals surface area contributed by atoms with Crippen LogP contribution < -0.4 is 10.6 Å². The molecule has 0 aliphatic carbocycles. The van der Waals surface area contributed by atoms with Crippen LogP contribution in [0.25, 0.3) is 0 Å². The maximum absolute atomic E-state index is 6.25. The molecule has 1 atom stereocenters. The summed E-state index contributed by atoms with van der Waals surface area (Å²) in [4.78, 5) is 2.21. The van der Waals surface area contributed by atoms with E-state index >= 15 is 0 Å². The minimum atomic E-state index is 0.121. The largest absolute Gasteiger partial charge is 0.366 e. The van der Waals surface area contributed by atoms with Crippen molar-refractivity contribution in [3.05, 3.63) is 64.2 Å². The molecule has 2 aromatic rings. The molecule has 2 N–H and O–H groups in total. The van der Waals surface area contributed by atoms with E-state index < -0.39 is 0 Å². The second-order valence-electron chi connectivity index (χ2n) is 5.39. The predicted octanol–water partition coefficient (Wildman–Crippen LogP) is 4.35. The van der Waals surface area contributed by atoms with Gasteiger partial charge in [0.15, 0.2) is 0 Å². The molecule has 0 saturated carbocycles. The molecule has 0 heterocycles. The third-order valence-electron chi connectivity index (χ3n) is 4.02. The number of rotatable bonds is 5. The van der Waals surface area contributed by atoms with E-state index in [4.69, 9.17) is 17.3 Å². The van der Waals surface area contributed by atoms with Gasteiger partial charge in [0.1, 0.15) is 0 Å². The van der Waals surface area contributed by atoms with Crippen LogP contribution in [0.2, 0.25) is 5.02 Å². The first-order chi connectivity index (χ1) is 10.1. The molecule has 112 valence electrons. The molecule has 0 fully saturated rings. The van der Waals surface area contributed by atoms with Crippen molar-refractivity contribution in [2.24, 2.45) is 5.73 Å². The molecule has 0 bridgehead atoms. The lowest BCUT2D eigenvalue weighted by Gasteiger charge is -2.30. The van der Waals surface area contributed by atoms with Crippen LogP contribution in [0.15, 0.2) is 42.5 Å². The summed E-state index contributed by atoms with van der Waals surface area (Å²) in [5.41, 5.74) is 10.7. The third kappa shape index (κ3) is 3.58. The Balaban J connectivity index is 2.28. The van der Waals surface area contributed by atoms with Crippen LogP contribution in [0.1, 0.15) is 29.7 Å². The van der Waals surface area contributed by atoms with Gasteiger partial charge >= 0.3 is 0 Å². The van der Waals surface area contributed by atoms with E-state index in [9.17, 15) is 0 Å². The van der Waals surface area contributed by atoms with Gasteiger partial charge in [-0.2, -0.15) is 0 Å². The second kappa shape index (κ2) is 6.97. The van der Waals surface area contributed by atoms with Gasteiger partial charge in [0.05, 0.1) is 6.04 Å². The van der Waals surface area contributed by atoms with Gasteiger partial charge in [-0.15, -0.1) is 0 Å². The highest BCUT2D eigenvalue weighted by Gasteiger charge is 2.16. The fourth-order valence-corrected chi connectivity index (χ4v) is 2.67. The zero-order valence-corrected chi connectivity index (χ0v) is 13.7. The molecule has 0 aliphatic heterocycles. The number of anilines is 1. The molecule has 0 saturated heterocycles. The lowest BCUT2D eigenvalue weighted by atomic mass is 10.0. The van der Waals surface area contributed by atoms with E-state index in [1.807, 2.05) is 19.1 Å². The first-order valence-electron chi connectivity index (χ1n) is 7.34. The van der Waals surface area contributed by atoms with Crippen LogP contribution in [0.5, 0.6) is 0 Å². The molecule has 0 amide bonds. The summed E-state index contributed by atoms with van der Waals surface area (Å²) in [6.07, 6.45) is 1.05. The van der Waals surface area contributed by atoms with Crippen LogP contribution >= 0.6 is 11.6 Å². The molecule has 2 rings (SSSR count). The predicted molar refractivity (Wildman–Crippen MR) is 92.2 cm³/mol. The molecular weight excluding hydrogens is 280 g/mol. The fourth-order valence-electron chi connectivity index (χ4n) is 2.48. The number of likely N-dealkylation sites (N-methyl/N-ethyl adjacent to an activating group) is 1. The maximum atomic E-state index is 6.25. The fraction of sp³-hybridized carbons (Fsp3) is 0.333. The Morgan fingerprint density at radius 3 is 2.33 bits per heavy atom. The number of hydrogen-bond acceptors (Lipinski definition) is 2. The van der Waals surface area contributed by atoms with Crippen molar-refractivity contribution in [1.29, 1.82) is 0 Å². The van der Waals surface area contributed by atoms with Gasteiger partial charge in [0, 0.05) is 24.3 Å². The van der Waals surface area contributed by atoms with Gasteiger partial charge in [0.2, 0.25) is 0 Å². The summed E-state index contributed by atoms with van der Waals surface area (Å²) in [6.45, 7) is 4.72. The molecule has 2 nitrogen and oxygen atoms in total. The smallest absolute Gasteiger partial charge is 0.0662 e. The first-order valence-corrected chi connectivity index (χ1v) is 7.72. The topological polar surface area (TPSA) is 29.3 Å². The number of nitrogens with two attached hydrogens (primary N) is 1. The lowest BCUT2D eigenvalue weighted by molar-refractivity contribution is 0.680. The zero-order chi connectivity index (χ0) is 15.4. The average Bonchev–Trinajstić information content (AvgIpc) is 2.51. The number of aryl methyl sites for hydroxylation is 2. The van der Waals surface area contributed by atoms with Gasteiger partial charge in [-0.25, -0.2) is 0 Å². The van der Waals surface area contributed by atoms with E-state index in [0.717, 1.165) is 22.6 Å². The van der Waals surface area contributed by atoms with E-state index in [-0.39, 0.29) is 6.04 Å². The molecule has 0 aliphatic rings. The highest BCUT2D eigenvalue weighted by molar-refractivity contribution is 6.31. The van der Waals surface area contributed by atoms with Gasteiger partial charge in [-0.1, -0.05) is 42.8 Å². The van der Waals surface area contributed by atoms with Crippen molar-refractivity contribution in [3.8, 4) is 0 Å². The Morgan fingerprint density at radius 1 is 1.14 bits per heavy atom. The summed E-state index contributed by atoms with van der Waals surface area (Å²) < 4.78 is 0. The molecule has 3 heteroatoms. The van der Waals surface area contributed by atoms with Gasteiger partial charge in [-0.05, 0) is 48.2 Å². The Morgan fingerprint density at radius 2 is 1.81 bits per heavy atom. The number of benzene rings is 2. The van der Waals surface area contributed by atoms with Crippen molar-refractivity contribution in [1.82, 2.24) is 0 Å². The molecule has 21 heavy (non-hydrogen) atoms. The Labute approximate surface area is 132 Å². The van der Waals surface area contributed by atoms with Crippen LogP contribution in [-0.2, 0) is 6.42 Å². The maximum Gasteiger partial charge on any atom is 0.0662 e. The van der Waals surface area contributed by atoms with Crippen molar-refractivity contribution >= 4 is 17.3 Å².